The number of nitrogens with zero attached hydrogens (tertiary/aromatic N) is 1. The van der Waals surface area contributed by atoms with Crippen molar-refractivity contribution < 1.29 is 23.9 Å². The summed E-state index contributed by atoms with van der Waals surface area (Å²) in [6.45, 7) is 0.292. The number of ketones is 1. The van der Waals surface area contributed by atoms with E-state index in [0.29, 0.717) is 5.39 Å². The van der Waals surface area contributed by atoms with Gasteiger partial charge in [0.25, 0.3) is 5.56 Å². The van der Waals surface area contributed by atoms with Gasteiger partial charge in [-0.3, -0.25) is 19.2 Å². The third-order valence-electron chi connectivity index (χ3n) is 4.08. The number of amides is 1. The maximum atomic E-state index is 12.6. The monoisotopic (exact) mass is 362 g/mol. The number of alkyl halides is 1. The molecule has 1 aromatic carbocycles. The molecule has 8 heteroatoms. The van der Waals surface area contributed by atoms with E-state index in [-0.39, 0.29) is 12.0 Å². The average Bonchev–Trinajstić information content (AvgIpc) is 2.62. The first-order valence-corrected chi connectivity index (χ1v) is 8.09. The maximum absolute atomic E-state index is 12.6. The van der Waals surface area contributed by atoms with Gasteiger partial charge in [-0.25, -0.2) is 4.39 Å². The summed E-state index contributed by atoms with van der Waals surface area (Å²) in [5.74, 6) is -3.08. The highest BCUT2D eigenvalue weighted by Crippen LogP contribution is 2.14. The van der Waals surface area contributed by atoms with Crippen LogP contribution in [0.4, 0.5) is 4.39 Å². The van der Waals surface area contributed by atoms with Gasteiger partial charge in [-0.15, -0.1) is 0 Å². The lowest BCUT2D eigenvalue weighted by Gasteiger charge is -2.21. The van der Waals surface area contributed by atoms with Gasteiger partial charge in [0.05, 0.1) is 6.42 Å². The molecule has 1 amide bonds. The standard InChI is InChI=1S/C18H19FN2O5/c1-2-14(17(25)20-13(9-16(23)24)15(22)10-19)21-8-7-11-5-3-4-6-12(11)18(21)26/h3-8,13-14H,2,9-10H2,1H3,(H,20,25)(H,23,24)/t13?,14-/m0/s1. The minimum Gasteiger partial charge on any atom is -0.481 e. The molecule has 138 valence electrons. The molecule has 2 aromatic rings. The summed E-state index contributed by atoms with van der Waals surface area (Å²) in [6, 6.07) is 6.16. The number of hydrogen-bond donors (Lipinski definition) is 2. The summed E-state index contributed by atoms with van der Waals surface area (Å²) in [7, 11) is 0. The van der Waals surface area contributed by atoms with Gasteiger partial charge in [0.15, 0.2) is 5.78 Å². The summed E-state index contributed by atoms with van der Waals surface area (Å²) in [4.78, 5) is 47.6. The van der Waals surface area contributed by atoms with Crippen LogP contribution in [0.3, 0.4) is 0 Å². The maximum Gasteiger partial charge on any atom is 0.305 e. The number of fused-ring (bicyclic) bond motifs is 1. The molecule has 26 heavy (non-hydrogen) atoms. The third kappa shape index (κ3) is 4.14. The van der Waals surface area contributed by atoms with Crippen LogP contribution in [0, 0.1) is 0 Å². The van der Waals surface area contributed by atoms with Gasteiger partial charge in [-0.1, -0.05) is 25.1 Å². The summed E-state index contributed by atoms with van der Waals surface area (Å²) in [5.41, 5.74) is -0.378. The molecule has 0 spiro atoms. The molecule has 0 aliphatic rings. The van der Waals surface area contributed by atoms with E-state index >= 15 is 0 Å². The summed E-state index contributed by atoms with van der Waals surface area (Å²) in [5, 5.41) is 12.2. The van der Waals surface area contributed by atoms with Crippen molar-refractivity contribution in [2.75, 3.05) is 6.67 Å². The summed E-state index contributed by atoms with van der Waals surface area (Å²) in [6.07, 6.45) is 0.979. The van der Waals surface area contributed by atoms with Gasteiger partial charge in [0.1, 0.15) is 18.8 Å². The second kappa shape index (κ2) is 8.37. The molecule has 1 unspecified atom stereocenters. The molecule has 0 bridgehead atoms. The van der Waals surface area contributed by atoms with Crippen molar-refractivity contribution in [2.45, 2.75) is 31.8 Å². The highest BCUT2D eigenvalue weighted by atomic mass is 19.1. The van der Waals surface area contributed by atoms with Crippen LogP contribution in [0.5, 0.6) is 0 Å². The fraction of sp³-hybridized carbons (Fsp3) is 0.333. The topological polar surface area (TPSA) is 105 Å². The molecule has 2 N–H and O–H groups in total. The minimum absolute atomic E-state index is 0.230. The van der Waals surface area contributed by atoms with Crippen LogP contribution in [-0.4, -0.2) is 40.0 Å². The third-order valence-corrected chi connectivity index (χ3v) is 4.08. The first-order valence-electron chi connectivity index (χ1n) is 8.09. The predicted octanol–water partition coefficient (Wildman–Crippen LogP) is 1.45. The number of carboxylic acids is 1. The lowest BCUT2D eigenvalue weighted by atomic mass is 10.1. The van der Waals surface area contributed by atoms with Gasteiger partial charge in [0.2, 0.25) is 5.91 Å². The van der Waals surface area contributed by atoms with Crippen LogP contribution < -0.4 is 10.9 Å². The first-order chi connectivity index (χ1) is 12.4. The van der Waals surface area contributed by atoms with Crippen molar-refractivity contribution in [3.8, 4) is 0 Å². The van der Waals surface area contributed by atoms with E-state index in [1.165, 1.54) is 10.8 Å². The predicted molar refractivity (Wildman–Crippen MR) is 92.7 cm³/mol. The fourth-order valence-electron chi connectivity index (χ4n) is 2.74. The number of nitrogens with one attached hydrogen (secondary N) is 1. The van der Waals surface area contributed by atoms with Gasteiger partial charge in [-0.05, 0) is 23.9 Å². The molecule has 2 rings (SSSR count). The second-order valence-corrected chi connectivity index (χ2v) is 5.80. The van der Waals surface area contributed by atoms with E-state index in [9.17, 15) is 23.6 Å². The van der Waals surface area contributed by atoms with Crippen molar-refractivity contribution >= 4 is 28.4 Å². The Hall–Kier alpha value is -3.03. The van der Waals surface area contributed by atoms with Gasteiger partial charge in [0, 0.05) is 11.6 Å². The zero-order valence-corrected chi connectivity index (χ0v) is 14.1. The van der Waals surface area contributed by atoms with Gasteiger partial charge < -0.3 is 15.0 Å². The van der Waals surface area contributed by atoms with Crippen LogP contribution in [0.2, 0.25) is 0 Å². The number of carboxylic acid groups (broad SMARTS) is 1. The van der Waals surface area contributed by atoms with Crippen molar-refractivity contribution in [3.05, 3.63) is 46.9 Å². The van der Waals surface area contributed by atoms with Crippen LogP contribution in [0.1, 0.15) is 25.8 Å². The Kier molecular flexibility index (Phi) is 6.21. The first kappa shape index (κ1) is 19.3. The van der Waals surface area contributed by atoms with E-state index in [0.717, 1.165) is 5.39 Å². The van der Waals surface area contributed by atoms with E-state index in [2.05, 4.69) is 5.32 Å². The van der Waals surface area contributed by atoms with Crippen molar-refractivity contribution in [2.24, 2.45) is 0 Å². The van der Waals surface area contributed by atoms with E-state index < -0.39 is 42.8 Å². The zero-order chi connectivity index (χ0) is 19.3. The largest absolute Gasteiger partial charge is 0.481 e. The number of carbonyl (C=O) groups excluding carboxylic acids is 2. The Labute approximate surface area is 148 Å². The summed E-state index contributed by atoms with van der Waals surface area (Å²) >= 11 is 0. The molecular formula is C18H19FN2O5. The summed E-state index contributed by atoms with van der Waals surface area (Å²) < 4.78 is 13.9. The average molecular weight is 362 g/mol. The Morgan fingerprint density at radius 1 is 1.23 bits per heavy atom. The van der Waals surface area contributed by atoms with E-state index in [1.807, 2.05) is 0 Å². The number of pyridine rings is 1. The second-order valence-electron chi connectivity index (χ2n) is 5.80. The highest BCUT2D eigenvalue weighted by Gasteiger charge is 2.28. The number of halogens is 1. The number of aliphatic carboxylic acids is 1. The number of aromatic nitrogens is 1. The van der Waals surface area contributed by atoms with Crippen LogP contribution >= 0.6 is 0 Å². The Balaban J connectivity index is 2.33. The molecule has 1 aromatic heterocycles. The smallest absolute Gasteiger partial charge is 0.305 e. The lowest BCUT2D eigenvalue weighted by Crippen LogP contribution is -2.47. The normalized spacial score (nSPS) is 13.2. The Bertz CT molecular complexity index is 893. The van der Waals surface area contributed by atoms with Gasteiger partial charge in [-0.2, -0.15) is 0 Å². The Morgan fingerprint density at radius 2 is 1.92 bits per heavy atom. The molecule has 1 heterocycles. The van der Waals surface area contributed by atoms with Crippen molar-refractivity contribution in [3.63, 3.8) is 0 Å². The minimum atomic E-state index is -1.48. The van der Waals surface area contributed by atoms with E-state index in [1.54, 1.807) is 37.3 Å². The van der Waals surface area contributed by atoms with Gasteiger partial charge >= 0.3 is 5.97 Å². The molecule has 0 saturated heterocycles. The number of hydrogen-bond acceptors (Lipinski definition) is 4. The molecule has 0 fully saturated rings. The molecule has 2 atom stereocenters. The lowest BCUT2D eigenvalue weighted by molar-refractivity contribution is -0.140. The quantitative estimate of drug-likeness (QED) is 0.739. The molecular weight excluding hydrogens is 343 g/mol. The zero-order valence-electron chi connectivity index (χ0n) is 14.1. The molecule has 0 aliphatic heterocycles. The van der Waals surface area contributed by atoms with Crippen molar-refractivity contribution in [1.29, 1.82) is 0 Å². The number of benzene rings is 1. The van der Waals surface area contributed by atoms with Crippen LogP contribution in [0.25, 0.3) is 10.8 Å². The van der Waals surface area contributed by atoms with Crippen LogP contribution in [-0.2, 0) is 14.4 Å². The molecule has 0 radical (unpaired) electrons. The highest BCUT2D eigenvalue weighted by molar-refractivity contribution is 5.93. The molecule has 0 aliphatic carbocycles. The number of Topliss-reactive ketones (excluding diaryl/α,β-unsaturated/α-hetero) is 1. The molecule has 7 nitrogen and oxygen atoms in total. The number of carbonyl (C=O) groups is 3. The van der Waals surface area contributed by atoms with Crippen molar-refractivity contribution in [1.82, 2.24) is 9.88 Å². The number of rotatable bonds is 8. The molecule has 0 saturated carbocycles. The Morgan fingerprint density at radius 3 is 2.54 bits per heavy atom. The van der Waals surface area contributed by atoms with Crippen LogP contribution in [0.15, 0.2) is 41.3 Å². The fourth-order valence-corrected chi connectivity index (χ4v) is 2.74. The SMILES string of the molecule is CC[C@@H](C(=O)NC(CC(=O)O)C(=O)CF)n1ccc2ccccc2c1=O. The van der Waals surface area contributed by atoms with E-state index in [4.69, 9.17) is 5.11 Å².